The molecule has 2 aromatic rings. The fourth-order valence-electron chi connectivity index (χ4n) is 2.07. The predicted molar refractivity (Wildman–Crippen MR) is 76.7 cm³/mol. The lowest BCUT2D eigenvalue weighted by Crippen LogP contribution is -2.24. The number of carboxylic acids is 1. The Kier molecular flexibility index (Phi) is 4.76. The summed E-state index contributed by atoms with van der Waals surface area (Å²) in [6.07, 6.45) is 4.29. The number of aromatic amines is 1. The molecule has 1 amide bonds. The number of carbonyl (C=O) groups excluding carboxylic acids is 1. The highest BCUT2D eigenvalue weighted by molar-refractivity contribution is 5.97. The molecule has 0 saturated carbocycles. The summed E-state index contributed by atoms with van der Waals surface area (Å²) >= 11 is 0. The zero-order valence-corrected chi connectivity index (χ0v) is 11.2. The lowest BCUT2D eigenvalue weighted by Gasteiger charge is -2.05. The number of rotatable bonds is 7. The van der Waals surface area contributed by atoms with Crippen LogP contribution in [0.4, 0.5) is 0 Å². The van der Waals surface area contributed by atoms with Crippen LogP contribution in [0.25, 0.3) is 10.9 Å². The van der Waals surface area contributed by atoms with Crippen LogP contribution in [0.5, 0.6) is 0 Å². The summed E-state index contributed by atoms with van der Waals surface area (Å²) in [6.45, 7) is 0.571. The molecule has 1 aromatic heterocycles. The smallest absolute Gasteiger partial charge is 0.303 e. The van der Waals surface area contributed by atoms with E-state index in [0.29, 0.717) is 18.5 Å². The Hall–Kier alpha value is -2.30. The van der Waals surface area contributed by atoms with Gasteiger partial charge in [-0.1, -0.05) is 12.5 Å². The largest absolute Gasteiger partial charge is 0.481 e. The highest BCUT2D eigenvalue weighted by Crippen LogP contribution is 2.14. The quantitative estimate of drug-likeness (QED) is 0.678. The van der Waals surface area contributed by atoms with Crippen LogP contribution in [0.1, 0.15) is 36.0 Å². The average molecular weight is 274 g/mol. The monoisotopic (exact) mass is 274 g/mol. The van der Waals surface area contributed by atoms with Gasteiger partial charge in [-0.2, -0.15) is 0 Å². The van der Waals surface area contributed by atoms with Crippen LogP contribution < -0.4 is 5.32 Å². The third-order valence-electron chi connectivity index (χ3n) is 3.17. The maximum atomic E-state index is 11.9. The van der Waals surface area contributed by atoms with E-state index >= 15 is 0 Å². The van der Waals surface area contributed by atoms with Crippen LogP contribution in [0.2, 0.25) is 0 Å². The van der Waals surface area contributed by atoms with E-state index in [1.165, 1.54) is 0 Å². The first-order valence-electron chi connectivity index (χ1n) is 6.74. The van der Waals surface area contributed by atoms with Crippen molar-refractivity contribution in [1.82, 2.24) is 10.3 Å². The molecule has 1 aromatic carbocycles. The summed E-state index contributed by atoms with van der Waals surface area (Å²) in [5.74, 6) is -0.868. The van der Waals surface area contributed by atoms with Gasteiger partial charge in [0.25, 0.3) is 5.91 Å². The Labute approximate surface area is 117 Å². The lowest BCUT2D eigenvalue weighted by atomic mass is 10.1. The number of carboxylic acid groups (broad SMARTS) is 1. The van der Waals surface area contributed by atoms with Crippen molar-refractivity contribution in [2.24, 2.45) is 0 Å². The fourth-order valence-corrected chi connectivity index (χ4v) is 2.07. The molecule has 5 nitrogen and oxygen atoms in total. The minimum Gasteiger partial charge on any atom is -0.481 e. The molecule has 0 radical (unpaired) electrons. The summed E-state index contributed by atoms with van der Waals surface area (Å²) in [5.41, 5.74) is 1.57. The van der Waals surface area contributed by atoms with Crippen LogP contribution in [0.15, 0.2) is 30.5 Å². The topological polar surface area (TPSA) is 82.2 Å². The van der Waals surface area contributed by atoms with Crippen LogP contribution in [-0.2, 0) is 4.79 Å². The molecular weight excluding hydrogens is 256 g/mol. The van der Waals surface area contributed by atoms with Crippen molar-refractivity contribution in [2.45, 2.75) is 25.7 Å². The van der Waals surface area contributed by atoms with Crippen molar-refractivity contribution in [1.29, 1.82) is 0 Å². The van der Waals surface area contributed by atoms with Crippen molar-refractivity contribution in [3.8, 4) is 0 Å². The maximum Gasteiger partial charge on any atom is 0.303 e. The Bertz CT molecular complexity index is 604. The highest BCUT2D eigenvalue weighted by Gasteiger charge is 2.06. The summed E-state index contributed by atoms with van der Waals surface area (Å²) in [4.78, 5) is 25.3. The molecular formula is C15H18N2O3. The normalized spacial score (nSPS) is 10.6. The van der Waals surface area contributed by atoms with Crippen LogP contribution in [0.3, 0.4) is 0 Å². The molecule has 106 valence electrons. The first kappa shape index (κ1) is 14.1. The average Bonchev–Trinajstić information content (AvgIpc) is 2.89. The van der Waals surface area contributed by atoms with Crippen LogP contribution in [-0.4, -0.2) is 28.5 Å². The van der Waals surface area contributed by atoms with Gasteiger partial charge in [-0.05, 0) is 36.4 Å². The van der Waals surface area contributed by atoms with E-state index in [4.69, 9.17) is 5.11 Å². The van der Waals surface area contributed by atoms with Crippen molar-refractivity contribution in [3.05, 3.63) is 36.0 Å². The van der Waals surface area contributed by atoms with E-state index in [-0.39, 0.29) is 12.3 Å². The zero-order chi connectivity index (χ0) is 14.4. The number of hydrogen-bond acceptors (Lipinski definition) is 2. The van der Waals surface area contributed by atoms with Crippen molar-refractivity contribution in [3.63, 3.8) is 0 Å². The SMILES string of the molecule is O=C(O)CCCCCNC(=O)c1ccc2cc[nH]c2c1. The van der Waals surface area contributed by atoms with Gasteiger partial charge in [0.2, 0.25) is 0 Å². The minimum atomic E-state index is -0.770. The fraction of sp³-hybridized carbons (Fsp3) is 0.333. The zero-order valence-electron chi connectivity index (χ0n) is 11.2. The number of H-pyrrole nitrogens is 1. The number of hydrogen-bond donors (Lipinski definition) is 3. The molecule has 0 atom stereocenters. The van der Waals surface area contributed by atoms with Crippen LogP contribution in [0, 0.1) is 0 Å². The number of amides is 1. The molecule has 0 saturated heterocycles. The number of aliphatic carboxylic acids is 1. The third-order valence-corrected chi connectivity index (χ3v) is 3.17. The Morgan fingerprint density at radius 3 is 2.80 bits per heavy atom. The van der Waals surface area contributed by atoms with Crippen molar-refractivity contribution in [2.75, 3.05) is 6.54 Å². The molecule has 0 bridgehead atoms. The van der Waals surface area contributed by atoms with Gasteiger partial charge in [-0.3, -0.25) is 9.59 Å². The molecule has 0 spiro atoms. The van der Waals surface area contributed by atoms with E-state index in [9.17, 15) is 9.59 Å². The van der Waals surface area contributed by atoms with Crippen molar-refractivity contribution < 1.29 is 14.7 Å². The number of benzene rings is 1. The summed E-state index contributed by atoms with van der Waals surface area (Å²) in [7, 11) is 0. The molecule has 2 rings (SSSR count). The van der Waals surface area contributed by atoms with Gasteiger partial charge in [0.1, 0.15) is 0 Å². The van der Waals surface area contributed by atoms with E-state index in [1.54, 1.807) is 6.07 Å². The van der Waals surface area contributed by atoms with Gasteiger partial charge in [-0.15, -0.1) is 0 Å². The Balaban J connectivity index is 1.75. The lowest BCUT2D eigenvalue weighted by molar-refractivity contribution is -0.137. The molecule has 0 unspecified atom stereocenters. The summed E-state index contributed by atoms with van der Waals surface area (Å²) < 4.78 is 0. The first-order chi connectivity index (χ1) is 9.66. The summed E-state index contributed by atoms with van der Waals surface area (Å²) in [6, 6.07) is 7.50. The van der Waals surface area contributed by atoms with E-state index in [1.807, 2.05) is 24.4 Å². The molecule has 5 heteroatoms. The number of fused-ring (bicyclic) bond motifs is 1. The number of aromatic nitrogens is 1. The van der Waals surface area contributed by atoms with E-state index in [0.717, 1.165) is 23.7 Å². The number of nitrogens with one attached hydrogen (secondary N) is 2. The van der Waals surface area contributed by atoms with Gasteiger partial charge in [0.15, 0.2) is 0 Å². The second-order valence-corrected chi connectivity index (χ2v) is 4.74. The van der Waals surface area contributed by atoms with Gasteiger partial charge in [-0.25, -0.2) is 0 Å². The molecule has 3 N–H and O–H groups in total. The molecule has 0 aliphatic rings. The van der Waals surface area contributed by atoms with Gasteiger partial charge >= 0.3 is 5.97 Å². The Morgan fingerprint density at radius 2 is 2.00 bits per heavy atom. The summed E-state index contributed by atoms with van der Waals surface area (Å²) in [5, 5.41) is 12.4. The van der Waals surface area contributed by atoms with E-state index < -0.39 is 5.97 Å². The van der Waals surface area contributed by atoms with Crippen molar-refractivity contribution >= 4 is 22.8 Å². The molecule has 0 aliphatic heterocycles. The number of carbonyl (C=O) groups is 2. The van der Waals surface area contributed by atoms with Crippen LogP contribution >= 0.6 is 0 Å². The van der Waals surface area contributed by atoms with Gasteiger partial charge in [0.05, 0.1) is 0 Å². The maximum absolute atomic E-state index is 11.9. The standard InChI is InChI=1S/C15H18N2O3/c18-14(19)4-2-1-3-8-17-15(20)12-6-5-11-7-9-16-13(11)10-12/h5-7,9-10,16H,1-4,8H2,(H,17,20)(H,18,19). The molecule has 0 aliphatic carbocycles. The molecule has 20 heavy (non-hydrogen) atoms. The molecule has 0 fully saturated rings. The van der Waals surface area contributed by atoms with E-state index in [2.05, 4.69) is 10.3 Å². The minimum absolute atomic E-state index is 0.0975. The third kappa shape index (κ3) is 3.85. The predicted octanol–water partition coefficient (Wildman–Crippen LogP) is 2.54. The molecule has 1 heterocycles. The second kappa shape index (κ2) is 6.75. The first-order valence-corrected chi connectivity index (χ1v) is 6.74. The second-order valence-electron chi connectivity index (χ2n) is 4.74. The van der Waals surface area contributed by atoms with Gasteiger partial charge in [0, 0.05) is 30.2 Å². The van der Waals surface area contributed by atoms with Gasteiger partial charge < -0.3 is 15.4 Å². The Morgan fingerprint density at radius 1 is 1.15 bits per heavy atom. The number of unbranched alkanes of at least 4 members (excludes halogenated alkanes) is 2. The highest BCUT2D eigenvalue weighted by atomic mass is 16.4.